The third-order valence-corrected chi connectivity index (χ3v) is 4.47. The monoisotopic (exact) mass is 337 g/mol. The molecule has 1 amide bonds. The molecule has 0 spiro atoms. The molecular weight excluding hydrogens is 318 g/mol. The Balaban J connectivity index is 1.93. The normalized spacial score (nSPS) is 11.0. The smallest absolute Gasteiger partial charge is 0.230 e. The maximum atomic E-state index is 11.9. The second-order valence-corrected chi connectivity index (χ2v) is 6.74. The highest BCUT2D eigenvalue weighted by Crippen LogP contribution is 2.31. The molecule has 1 heterocycles. The fourth-order valence-electron chi connectivity index (χ4n) is 2.49. The molecular formula is C19H19N3OS. The third-order valence-electron chi connectivity index (χ3n) is 3.49. The van der Waals surface area contributed by atoms with Gasteiger partial charge in [-0.1, -0.05) is 66.4 Å². The highest BCUT2D eigenvalue weighted by molar-refractivity contribution is 8.00. The van der Waals surface area contributed by atoms with E-state index in [-0.39, 0.29) is 11.9 Å². The Morgan fingerprint density at radius 3 is 2.38 bits per heavy atom. The van der Waals surface area contributed by atoms with Crippen molar-refractivity contribution in [2.24, 2.45) is 0 Å². The number of thioether (sulfide) groups is 1. The molecule has 0 aliphatic heterocycles. The first-order valence-corrected chi connectivity index (χ1v) is 8.86. The van der Waals surface area contributed by atoms with Crippen LogP contribution >= 0.6 is 11.8 Å². The highest BCUT2D eigenvalue weighted by atomic mass is 32.2. The molecule has 5 heteroatoms. The molecule has 2 aromatic carbocycles. The van der Waals surface area contributed by atoms with Crippen LogP contribution in [0.15, 0.2) is 59.6 Å². The van der Waals surface area contributed by atoms with Crippen molar-refractivity contribution in [3.63, 3.8) is 0 Å². The lowest BCUT2D eigenvalue weighted by Gasteiger charge is -2.10. The molecule has 0 saturated carbocycles. The molecule has 0 atom stereocenters. The Morgan fingerprint density at radius 1 is 1.00 bits per heavy atom. The van der Waals surface area contributed by atoms with E-state index in [1.807, 2.05) is 68.4 Å². The molecule has 0 aliphatic carbocycles. The third kappa shape index (κ3) is 3.74. The van der Waals surface area contributed by atoms with Crippen LogP contribution in [0, 0.1) is 0 Å². The fraction of sp³-hybridized carbons (Fsp3) is 0.211. The summed E-state index contributed by atoms with van der Waals surface area (Å²) in [6.07, 6.45) is 0. The SMILES string of the molecule is CC(C)NC(=O)CSc1nnc(-c2ccccc2)c2ccccc12. The predicted molar refractivity (Wildman–Crippen MR) is 99.0 cm³/mol. The highest BCUT2D eigenvalue weighted by Gasteiger charge is 2.12. The van der Waals surface area contributed by atoms with Gasteiger partial charge in [0.1, 0.15) is 10.7 Å². The Labute approximate surface area is 145 Å². The number of carbonyl (C=O) groups is 1. The summed E-state index contributed by atoms with van der Waals surface area (Å²) >= 11 is 1.42. The average molecular weight is 337 g/mol. The Hall–Kier alpha value is -2.40. The molecule has 0 unspecified atom stereocenters. The van der Waals surface area contributed by atoms with Crippen molar-refractivity contribution in [3.05, 3.63) is 54.6 Å². The summed E-state index contributed by atoms with van der Waals surface area (Å²) in [4.78, 5) is 11.9. The van der Waals surface area contributed by atoms with Crippen molar-refractivity contribution in [1.29, 1.82) is 0 Å². The Bertz CT molecular complexity index is 850. The summed E-state index contributed by atoms with van der Waals surface area (Å²) in [5.41, 5.74) is 1.90. The van der Waals surface area contributed by atoms with Crippen molar-refractivity contribution in [1.82, 2.24) is 15.5 Å². The van der Waals surface area contributed by atoms with Crippen LogP contribution in [0.1, 0.15) is 13.8 Å². The summed E-state index contributed by atoms with van der Waals surface area (Å²) in [6, 6.07) is 18.2. The van der Waals surface area contributed by atoms with E-state index in [0.717, 1.165) is 27.1 Å². The number of benzene rings is 2. The van der Waals surface area contributed by atoms with E-state index >= 15 is 0 Å². The van der Waals surface area contributed by atoms with Gasteiger partial charge in [-0.25, -0.2) is 0 Å². The number of hydrogen-bond donors (Lipinski definition) is 1. The zero-order valence-electron chi connectivity index (χ0n) is 13.7. The van der Waals surface area contributed by atoms with Crippen LogP contribution in [0.25, 0.3) is 22.0 Å². The standard InChI is InChI=1S/C19H19N3OS/c1-13(2)20-17(23)12-24-19-16-11-7-6-10-15(16)18(21-22-19)14-8-4-3-5-9-14/h3-11,13H,12H2,1-2H3,(H,20,23). The molecule has 0 radical (unpaired) electrons. The van der Waals surface area contributed by atoms with Crippen molar-refractivity contribution < 1.29 is 4.79 Å². The maximum Gasteiger partial charge on any atom is 0.230 e. The molecule has 0 aliphatic rings. The second kappa shape index (κ2) is 7.45. The van der Waals surface area contributed by atoms with Gasteiger partial charge in [0.05, 0.1) is 5.75 Å². The van der Waals surface area contributed by atoms with Gasteiger partial charge in [0.15, 0.2) is 0 Å². The zero-order chi connectivity index (χ0) is 16.9. The van der Waals surface area contributed by atoms with E-state index in [1.165, 1.54) is 11.8 Å². The minimum atomic E-state index is 0.00742. The van der Waals surface area contributed by atoms with Gasteiger partial charge in [-0.3, -0.25) is 4.79 Å². The van der Waals surface area contributed by atoms with Gasteiger partial charge in [0.2, 0.25) is 5.91 Å². The topological polar surface area (TPSA) is 54.9 Å². The van der Waals surface area contributed by atoms with Crippen LogP contribution in [0.5, 0.6) is 0 Å². The van der Waals surface area contributed by atoms with Gasteiger partial charge in [-0.15, -0.1) is 10.2 Å². The molecule has 24 heavy (non-hydrogen) atoms. The van der Waals surface area contributed by atoms with Crippen molar-refractivity contribution in [2.45, 2.75) is 24.9 Å². The first kappa shape index (κ1) is 16.5. The number of rotatable bonds is 5. The van der Waals surface area contributed by atoms with E-state index in [2.05, 4.69) is 15.5 Å². The number of fused-ring (bicyclic) bond motifs is 1. The van der Waals surface area contributed by atoms with Crippen molar-refractivity contribution in [2.75, 3.05) is 5.75 Å². The van der Waals surface area contributed by atoms with Gasteiger partial charge in [-0.2, -0.15) is 0 Å². The second-order valence-electron chi connectivity index (χ2n) is 5.78. The minimum absolute atomic E-state index is 0.00742. The van der Waals surface area contributed by atoms with Crippen LogP contribution < -0.4 is 5.32 Å². The van der Waals surface area contributed by atoms with Gasteiger partial charge < -0.3 is 5.32 Å². The number of hydrogen-bond acceptors (Lipinski definition) is 4. The van der Waals surface area contributed by atoms with Gasteiger partial charge in [0.25, 0.3) is 0 Å². The molecule has 0 saturated heterocycles. The van der Waals surface area contributed by atoms with E-state index in [1.54, 1.807) is 0 Å². The summed E-state index contributed by atoms with van der Waals surface area (Å²) in [7, 11) is 0. The first-order valence-electron chi connectivity index (χ1n) is 7.88. The molecule has 0 fully saturated rings. The molecule has 0 bridgehead atoms. The van der Waals surface area contributed by atoms with Crippen molar-refractivity contribution >= 4 is 28.4 Å². The van der Waals surface area contributed by atoms with Crippen molar-refractivity contribution in [3.8, 4) is 11.3 Å². The lowest BCUT2D eigenvalue weighted by Crippen LogP contribution is -2.31. The number of carbonyl (C=O) groups excluding carboxylic acids is 1. The maximum absolute atomic E-state index is 11.9. The number of nitrogens with one attached hydrogen (secondary N) is 1. The first-order chi connectivity index (χ1) is 11.6. The molecule has 1 N–H and O–H groups in total. The summed E-state index contributed by atoms with van der Waals surface area (Å²) in [5, 5.41) is 14.5. The molecule has 1 aromatic heterocycles. The van der Waals surface area contributed by atoms with Crippen LogP contribution in [-0.2, 0) is 4.79 Å². The quantitative estimate of drug-likeness (QED) is 0.717. The van der Waals surface area contributed by atoms with E-state index in [0.29, 0.717) is 5.75 Å². The van der Waals surface area contributed by atoms with Crippen LogP contribution in [0.4, 0.5) is 0 Å². The Kier molecular flexibility index (Phi) is 5.11. The molecule has 4 nitrogen and oxygen atoms in total. The van der Waals surface area contributed by atoms with Crippen LogP contribution in [-0.4, -0.2) is 27.9 Å². The number of amides is 1. The molecule has 3 rings (SSSR count). The zero-order valence-corrected chi connectivity index (χ0v) is 14.5. The fourth-order valence-corrected chi connectivity index (χ4v) is 3.28. The molecule has 122 valence electrons. The van der Waals surface area contributed by atoms with E-state index < -0.39 is 0 Å². The Morgan fingerprint density at radius 2 is 1.67 bits per heavy atom. The summed E-state index contributed by atoms with van der Waals surface area (Å²) < 4.78 is 0. The average Bonchev–Trinajstić information content (AvgIpc) is 2.60. The van der Waals surface area contributed by atoms with E-state index in [4.69, 9.17) is 0 Å². The van der Waals surface area contributed by atoms with Crippen LogP contribution in [0.2, 0.25) is 0 Å². The minimum Gasteiger partial charge on any atom is -0.353 e. The summed E-state index contributed by atoms with van der Waals surface area (Å²) in [6.45, 7) is 3.90. The molecule has 3 aromatic rings. The predicted octanol–water partition coefficient (Wildman–Crippen LogP) is 3.91. The number of nitrogens with zero attached hydrogens (tertiary/aromatic N) is 2. The lowest BCUT2D eigenvalue weighted by molar-refractivity contribution is -0.119. The van der Waals surface area contributed by atoms with E-state index in [9.17, 15) is 4.79 Å². The van der Waals surface area contributed by atoms with Gasteiger partial charge in [0, 0.05) is 22.4 Å². The van der Waals surface area contributed by atoms with Crippen LogP contribution in [0.3, 0.4) is 0 Å². The largest absolute Gasteiger partial charge is 0.353 e. The van der Waals surface area contributed by atoms with Gasteiger partial charge in [-0.05, 0) is 13.8 Å². The number of aromatic nitrogens is 2. The van der Waals surface area contributed by atoms with Gasteiger partial charge >= 0.3 is 0 Å². The lowest BCUT2D eigenvalue weighted by atomic mass is 10.1. The summed E-state index contributed by atoms with van der Waals surface area (Å²) in [5.74, 6) is 0.342.